The van der Waals surface area contributed by atoms with E-state index in [9.17, 15) is 9.59 Å². The van der Waals surface area contributed by atoms with Gasteiger partial charge in [-0.1, -0.05) is 36.8 Å². The number of rotatable bonds is 3. The van der Waals surface area contributed by atoms with Crippen LogP contribution in [0.15, 0.2) is 30.3 Å². The van der Waals surface area contributed by atoms with Crippen molar-refractivity contribution in [2.24, 2.45) is 5.92 Å². The predicted octanol–water partition coefficient (Wildman–Crippen LogP) is 1.95. The van der Waals surface area contributed by atoms with Gasteiger partial charge in [-0.05, 0) is 31.2 Å². The van der Waals surface area contributed by atoms with Crippen LogP contribution in [0.5, 0.6) is 0 Å². The normalized spacial score (nSPS) is 24.3. The SMILES string of the molecule is O=C1NCCOCCCN(C(=O)NCCc2ccccc2)[C@H]2CCC[C@@H]12. The van der Waals surface area contributed by atoms with E-state index in [2.05, 4.69) is 22.8 Å². The molecule has 1 aliphatic heterocycles. The van der Waals surface area contributed by atoms with Crippen molar-refractivity contribution in [3.63, 3.8) is 0 Å². The molecule has 142 valence electrons. The van der Waals surface area contributed by atoms with E-state index in [1.807, 2.05) is 23.1 Å². The van der Waals surface area contributed by atoms with Crippen LogP contribution in [0.2, 0.25) is 0 Å². The number of amides is 3. The lowest BCUT2D eigenvalue weighted by atomic mass is 10.0. The molecule has 0 spiro atoms. The van der Waals surface area contributed by atoms with Gasteiger partial charge in [0.25, 0.3) is 0 Å². The molecule has 6 nitrogen and oxygen atoms in total. The summed E-state index contributed by atoms with van der Waals surface area (Å²) in [5, 5.41) is 6.00. The third-order valence-corrected chi connectivity index (χ3v) is 5.24. The van der Waals surface area contributed by atoms with Crippen LogP contribution >= 0.6 is 0 Å². The van der Waals surface area contributed by atoms with Crippen LogP contribution < -0.4 is 10.6 Å². The minimum Gasteiger partial charge on any atom is -0.380 e. The van der Waals surface area contributed by atoms with Gasteiger partial charge in [0.15, 0.2) is 0 Å². The van der Waals surface area contributed by atoms with Crippen molar-refractivity contribution in [2.45, 2.75) is 38.1 Å². The maximum Gasteiger partial charge on any atom is 0.317 e. The number of carbonyl (C=O) groups is 2. The fourth-order valence-electron chi connectivity index (χ4n) is 3.91. The Morgan fingerprint density at radius 1 is 1.19 bits per heavy atom. The molecule has 26 heavy (non-hydrogen) atoms. The van der Waals surface area contributed by atoms with E-state index in [0.29, 0.717) is 32.8 Å². The highest BCUT2D eigenvalue weighted by molar-refractivity contribution is 5.81. The smallest absolute Gasteiger partial charge is 0.317 e. The Morgan fingerprint density at radius 2 is 2.04 bits per heavy atom. The van der Waals surface area contributed by atoms with Gasteiger partial charge in [0.2, 0.25) is 5.91 Å². The number of urea groups is 1. The second kappa shape index (κ2) is 9.57. The zero-order valence-electron chi connectivity index (χ0n) is 15.3. The summed E-state index contributed by atoms with van der Waals surface area (Å²) >= 11 is 0. The maximum atomic E-state index is 12.8. The first-order valence-electron chi connectivity index (χ1n) is 9.69. The number of ether oxygens (including phenoxy) is 1. The van der Waals surface area contributed by atoms with Gasteiger partial charge in [-0.2, -0.15) is 0 Å². The summed E-state index contributed by atoms with van der Waals surface area (Å²) in [5.74, 6) is -0.0481. The Balaban J connectivity index is 1.61. The molecular formula is C20H29N3O3. The summed E-state index contributed by atoms with van der Waals surface area (Å²) in [6, 6.07) is 10.1. The molecule has 6 heteroatoms. The molecule has 2 N–H and O–H groups in total. The molecule has 0 unspecified atom stereocenters. The lowest BCUT2D eigenvalue weighted by molar-refractivity contribution is -0.126. The first-order chi connectivity index (χ1) is 12.8. The number of carbonyl (C=O) groups excluding carboxylic acids is 2. The van der Waals surface area contributed by atoms with Crippen LogP contribution in [0.3, 0.4) is 0 Å². The fraction of sp³-hybridized carbons (Fsp3) is 0.600. The monoisotopic (exact) mass is 359 g/mol. The molecule has 1 saturated heterocycles. The van der Waals surface area contributed by atoms with Gasteiger partial charge in [-0.25, -0.2) is 4.79 Å². The molecule has 1 aromatic carbocycles. The van der Waals surface area contributed by atoms with Crippen LogP contribution in [0.25, 0.3) is 0 Å². The summed E-state index contributed by atoms with van der Waals surface area (Å²) < 4.78 is 5.53. The van der Waals surface area contributed by atoms with Crippen LogP contribution in [0.4, 0.5) is 4.79 Å². The molecule has 0 radical (unpaired) electrons. The minimum atomic E-state index is -0.104. The fourth-order valence-corrected chi connectivity index (χ4v) is 3.91. The molecule has 1 saturated carbocycles. The van der Waals surface area contributed by atoms with Gasteiger partial charge in [-0.15, -0.1) is 0 Å². The summed E-state index contributed by atoms with van der Waals surface area (Å²) in [6.07, 6.45) is 4.34. The first kappa shape index (κ1) is 18.7. The summed E-state index contributed by atoms with van der Waals surface area (Å²) in [4.78, 5) is 27.2. The largest absolute Gasteiger partial charge is 0.380 e. The maximum absolute atomic E-state index is 12.8. The molecule has 3 rings (SSSR count). The minimum absolute atomic E-state index is 0.00942. The highest BCUT2D eigenvalue weighted by atomic mass is 16.5. The summed E-state index contributed by atoms with van der Waals surface area (Å²) in [6.45, 7) is 2.92. The summed E-state index contributed by atoms with van der Waals surface area (Å²) in [7, 11) is 0. The molecule has 2 fully saturated rings. The average Bonchev–Trinajstić information content (AvgIpc) is 3.12. The van der Waals surface area contributed by atoms with Gasteiger partial charge >= 0.3 is 6.03 Å². The van der Waals surface area contributed by atoms with Gasteiger partial charge < -0.3 is 20.3 Å². The van der Waals surface area contributed by atoms with Crippen molar-refractivity contribution in [1.29, 1.82) is 0 Å². The van der Waals surface area contributed by atoms with E-state index in [1.165, 1.54) is 5.56 Å². The second-order valence-corrected chi connectivity index (χ2v) is 7.02. The zero-order valence-corrected chi connectivity index (χ0v) is 15.3. The third kappa shape index (κ3) is 4.97. The molecule has 2 aliphatic rings. The van der Waals surface area contributed by atoms with Crippen molar-refractivity contribution >= 4 is 11.9 Å². The lowest BCUT2D eigenvalue weighted by Crippen LogP contribution is -2.51. The van der Waals surface area contributed by atoms with E-state index in [1.54, 1.807) is 0 Å². The number of nitrogens with zero attached hydrogens (tertiary/aromatic N) is 1. The molecule has 1 heterocycles. The van der Waals surface area contributed by atoms with E-state index in [-0.39, 0.29) is 23.9 Å². The standard InChI is InChI=1S/C20H29N3O3/c24-19-17-8-4-9-18(17)23(13-5-14-26-15-12-21-19)20(25)22-11-10-16-6-2-1-3-7-16/h1-3,6-7,17-18H,4-5,8-15H2,(H,21,24)(H,22,25)/t17-,18+/m1/s1. The Morgan fingerprint density at radius 3 is 2.88 bits per heavy atom. The number of hydrogen-bond acceptors (Lipinski definition) is 3. The highest BCUT2D eigenvalue weighted by Gasteiger charge is 2.38. The molecule has 3 amide bonds. The third-order valence-electron chi connectivity index (χ3n) is 5.24. The number of hydrogen-bond donors (Lipinski definition) is 2. The Bertz CT molecular complexity index is 593. The quantitative estimate of drug-likeness (QED) is 0.867. The zero-order chi connectivity index (χ0) is 18.2. The number of nitrogens with one attached hydrogen (secondary N) is 2. The van der Waals surface area contributed by atoms with Crippen LogP contribution in [0.1, 0.15) is 31.2 Å². The topological polar surface area (TPSA) is 70.7 Å². The molecule has 0 bridgehead atoms. The van der Waals surface area contributed by atoms with Crippen molar-refractivity contribution < 1.29 is 14.3 Å². The summed E-state index contributed by atoms with van der Waals surface area (Å²) in [5.41, 5.74) is 1.21. The van der Waals surface area contributed by atoms with Crippen molar-refractivity contribution in [3.05, 3.63) is 35.9 Å². The highest BCUT2D eigenvalue weighted by Crippen LogP contribution is 2.30. The molecule has 1 aliphatic carbocycles. The van der Waals surface area contributed by atoms with Gasteiger partial charge in [0.05, 0.1) is 12.5 Å². The number of fused-ring (bicyclic) bond motifs is 1. The van der Waals surface area contributed by atoms with E-state index >= 15 is 0 Å². The van der Waals surface area contributed by atoms with Gasteiger partial charge in [0.1, 0.15) is 0 Å². The van der Waals surface area contributed by atoms with Crippen LogP contribution in [-0.4, -0.2) is 55.7 Å². The van der Waals surface area contributed by atoms with E-state index in [0.717, 1.165) is 32.1 Å². The van der Waals surface area contributed by atoms with Crippen molar-refractivity contribution in [2.75, 3.05) is 32.8 Å². The van der Waals surface area contributed by atoms with Crippen LogP contribution in [0, 0.1) is 5.92 Å². The Hall–Kier alpha value is -2.08. The average molecular weight is 359 g/mol. The molecule has 1 aromatic rings. The van der Waals surface area contributed by atoms with E-state index in [4.69, 9.17) is 4.74 Å². The molecule has 0 aromatic heterocycles. The van der Waals surface area contributed by atoms with Crippen molar-refractivity contribution in [1.82, 2.24) is 15.5 Å². The molecule has 2 atom stereocenters. The van der Waals surface area contributed by atoms with Crippen LogP contribution in [-0.2, 0) is 16.0 Å². The lowest BCUT2D eigenvalue weighted by Gasteiger charge is -2.32. The second-order valence-electron chi connectivity index (χ2n) is 7.02. The predicted molar refractivity (Wildman–Crippen MR) is 99.8 cm³/mol. The van der Waals surface area contributed by atoms with Crippen molar-refractivity contribution in [3.8, 4) is 0 Å². The van der Waals surface area contributed by atoms with E-state index < -0.39 is 0 Å². The first-order valence-corrected chi connectivity index (χ1v) is 9.69. The Kier molecular flexibility index (Phi) is 6.89. The molecular weight excluding hydrogens is 330 g/mol. The Labute approximate surface area is 155 Å². The van der Waals surface area contributed by atoms with Gasteiger partial charge in [0, 0.05) is 32.3 Å². The number of benzene rings is 1. The van der Waals surface area contributed by atoms with Gasteiger partial charge in [-0.3, -0.25) is 4.79 Å².